The Bertz CT molecular complexity index is 931. The number of halogens is 2. The Morgan fingerprint density at radius 1 is 1.10 bits per heavy atom. The Hall–Kier alpha value is -2.50. The number of likely N-dealkylation sites (tertiary alicyclic amines) is 1. The van der Waals surface area contributed by atoms with Crippen molar-refractivity contribution < 1.29 is 9.59 Å². The molecule has 1 saturated heterocycles. The minimum absolute atomic E-state index is 0.152. The van der Waals surface area contributed by atoms with E-state index in [0.717, 1.165) is 12.8 Å². The first-order chi connectivity index (χ1) is 14.2. The number of carbonyl (C=O) groups excluding carboxylic acids is 2. The maximum Gasteiger partial charge on any atom is 0.252 e. The largest absolute Gasteiger partial charge is 0.399 e. The van der Waals surface area contributed by atoms with Crippen molar-refractivity contribution in [2.45, 2.75) is 31.7 Å². The van der Waals surface area contributed by atoms with Crippen LogP contribution >= 0.6 is 23.2 Å². The van der Waals surface area contributed by atoms with Crippen LogP contribution in [-0.4, -0.2) is 35.8 Å². The summed E-state index contributed by atoms with van der Waals surface area (Å²) in [5, 5.41) is 3.85. The van der Waals surface area contributed by atoms with Crippen molar-refractivity contribution in [3.8, 4) is 0 Å². The lowest BCUT2D eigenvalue weighted by molar-refractivity contribution is -0.133. The van der Waals surface area contributed by atoms with Crippen LogP contribution in [0.15, 0.2) is 54.6 Å². The van der Waals surface area contributed by atoms with Crippen molar-refractivity contribution in [1.82, 2.24) is 10.2 Å². The van der Waals surface area contributed by atoms with Crippen LogP contribution in [0.1, 0.15) is 41.6 Å². The molecule has 0 bridgehead atoms. The molecule has 158 valence electrons. The molecule has 0 aliphatic carbocycles. The lowest BCUT2D eigenvalue weighted by atomic mass is 9.89. The molecule has 30 heavy (non-hydrogen) atoms. The van der Waals surface area contributed by atoms with Crippen molar-refractivity contribution in [3.63, 3.8) is 0 Å². The Labute approximate surface area is 186 Å². The number of anilines is 1. The fraction of sp³-hybridized carbons (Fsp3) is 0.304. The van der Waals surface area contributed by atoms with Crippen LogP contribution in [0.4, 0.5) is 5.69 Å². The minimum Gasteiger partial charge on any atom is -0.399 e. The third kappa shape index (κ3) is 5.35. The normalized spacial score (nSPS) is 15.5. The van der Waals surface area contributed by atoms with Gasteiger partial charge in [-0.3, -0.25) is 9.59 Å². The van der Waals surface area contributed by atoms with E-state index in [0.29, 0.717) is 45.9 Å². The van der Waals surface area contributed by atoms with Gasteiger partial charge in [-0.1, -0.05) is 41.9 Å². The maximum atomic E-state index is 13.1. The van der Waals surface area contributed by atoms with Crippen LogP contribution in [0.5, 0.6) is 0 Å². The molecule has 1 fully saturated rings. The molecule has 1 heterocycles. The van der Waals surface area contributed by atoms with Gasteiger partial charge in [0.25, 0.3) is 5.91 Å². The van der Waals surface area contributed by atoms with Gasteiger partial charge in [0.2, 0.25) is 5.91 Å². The number of rotatable bonds is 5. The summed E-state index contributed by atoms with van der Waals surface area (Å²) in [4.78, 5) is 27.6. The fourth-order valence-corrected chi connectivity index (χ4v) is 4.07. The molecule has 0 aromatic heterocycles. The topological polar surface area (TPSA) is 75.4 Å². The van der Waals surface area contributed by atoms with E-state index in [-0.39, 0.29) is 5.91 Å². The second-order valence-corrected chi connectivity index (χ2v) is 8.55. The number of nitrogens with zero attached hydrogens (tertiary/aromatic N) is 1. The van der Waals surface area contributed by atoms with Crippen molar-refractivity contribution in [2.75, 3.05) is 18.8 Å². The maximum absolute atomic E-state index is 13.1. The summed E-state index contributed by atoms with van der Waals surface area (Å²) in [6, 6.07) is 11.7. The number of nitrogen functional groups attached to an aromatic ring is 1. The first-order valence-electron chi connectivity index (χ1n) is 9.81. The first-order valence-corrected chi connectivity index (χ1v) is 10.6. The standard InChI is InChI=1S/C23H25Cl2N3O2/c1-14(2)21(27-22(29)17-11-19(25)13-20(26)12-17)23(30)28-9-7-16(8-10-28)15-3-5-18(24)6-4-15/h3-6,11-13,16,21H,1,7-10,26H2,2H3,(H,27,29)/t21-/m1/s1. The average molecular weight is 446 g/mol. The van der Waals surface area contributed by atoms with Crippen molar-refractivity contribution in [3.05, 3.63) is 75.8 Å². The number of nitrogens with two attached hydrogens (primary N) is 1. The highest BCUT2D eigenvalue weighted by molar-refractivity contribution is 6.31. The lowest BCUT2D eigenvalue weighted by Crippen LogP contribution is -2.51. The van der Waals surface area contributed by atoms with E-state index in [1.54, 1.807) is 17.9 Å². The van der Waals surface area contributed by atoms with Gasteiger partial charge < -0.3 is 16.0 Å². The number of amides is 2. The molecular weight excluding hydrogens is 421 g/mol. The zero-order valence-electron chi connectivity index (χ0n) is 16.8. The molecule has 0 radical (unpaired) electrons. The molecule has 3 N–H and O–H groups in total. The van der Waals surface area contributed by atoms with Gasteiger partial charge in [0, 0.05) is 34.4 Å². The number of carbonyl (C=O) groups is 2. The Morgan fingerprint density at radius 2 is 1.73 bits per heavy atom. The Balaban J connectivity index is 1.65. The molecule has 3 rings (SSSR count). The van der Waals surface area contributed by atoms with Crippen molar-refractivity contribution in [1.29, 1.82) is 0 Å². The third-order valence-corrected chi connectivity index (χ3v) is 5.82. The molecule has 2 amide bonds. The summed E-state index contributed by atoms with van der Waals surface area (Å²) < 4.78 is 0. The average Bonchev–Trinajstić information content (AvgIpc) is 2.71. The van der Waals surface area contributed by atoms with E-state index in [1.807, 2.05) is 24.3 Å². The van der Waals surface area contributed by atoms with Crippen LogP contribution in [0, 0.1) is 0 Å². The number of nitrogens with one attached hydrogen (secondary N) is 1. The predicted molar refractivity (Wildman–Crippen MR) is 122 cm³/mol. The number of benzene rings is 2. The molecule has 7 heteroatoms. The second-order valence-electron chi connectivity index (χ2n) is 7.68. The highest BCUT2D eigenvalue weighted by Gasteiger charge is 2.30. The quantitative estimate of drug-likeness (QED) is 0.518. The van der Waals surface area contributed by atoms with E-state index in [1.165, 1.54) is 17.7 Å². The van der Waals surface area contributed by atoms with Crippen LogP contribution in [0.3, 0.4) is 0 Å². The van der Waals surface area contributed by atoms with Gasteiger partial charge in [0.15, 0.2) is 0 Å². The summed E-state index contributed by atoms with van der Waals surface area (Å²) in [6.07, 6.45) is 1.71. The molecule has 1 atom stereocenters. The van der Waals surface area contributed by atoms with Crippen LogP contribution in [0.25, 0.3) is 0 Å². The third-order valence-electron chi connectivity index (χ3n) is 5.35. The number of piperidine rings is 1. The summed E-state index contributed by atoms with van der Waals surface area (Å²) in [5.74, 6) is -0.180. The monoisotopic (exact) mass is 445 g/mol. The predicted octanol–water partition coefficient (Wildman–Crippen LogP) is 4.66. The number of hydrogen-bond acceptors (Lipinski definition) is 3. The highest BCUT2D eigenvalue weighted by atomic mass is 35.5. The zero-order valence-corrected chi connectivity index (χ0v) is 18.3. The number of hydrogen-bond donors (Lipinski definition) is 2. The SMILES string of the molecule is C=C(C)[C@@H](NC(=O)c1cc(N)cc(Cl)c1)C(=O)N1CCC(c2ccc(Cl)cc2)CC1. The Kier molecular flexibility index (Phi) is 7.06. The minimum atomic E-state index is -0.801. The first kappa shape index (κ1) is 22.2. The second kappa shape index (κ2) is 9.54. The van der Waals surface area contributed by atoms with Gasteiger partial charge in [-0.05, 0) is 67.2 Å². The van der Waals surface area contributed by atoms with E-state index in [9.17, 15) is 9.59 Å². The van der Waals surface area contributed by atoms with Gasteiger partial charge in [-0.15, -0.1) is 0 Å². The van der Waals surface area contributed by atoms with E-state index >= 15 is 0 Å². The molecule has 0 spiro atoms. The molecule has 5 nitrogen and oxygen atoms in total. The van der Waals surface area contributed by atoms with Gasteiger partial charge >= 0.3 is 0 Å². The molecule has 2 aromatic carbocycles. The van der Waals surface area contributed by atoms with Gasteiger partial charge in [0.1, 0.15) is 6.04 Å². The summed E-state index contributed by atoms with van der Waals surface area (Å²) >= 11 is 12.0. The molecular formula is C23H25Cl2N3O2. The fourth-order valence-electron chi connectivity index (χ4n) is 3.70. The zero-order chi connectivity index (χ0) is 21.8. The van der Waals surface area contributed by atoms with Gasteiger partial charge in [-0.2, -0.15) is 0 Å². The molecule has 0 saturated carbocycles. The van der Waals surface area contributed by atoms with Crippen LogP contribution < -0.4 is 11.1 Å². The molecule has 1 aliphatic rings. The van der Waals surface area contributed by atoms with E-state index < -0.39 is 11.9 Å². The van der Waals surface area contributed by atoms with Crippen molar-refractivity contribution >= 4 is 40.7 Å². The highest BCUT2D eigenvalue weighted by Crippen LogP contribution is 2.29. The molecule has 2 aromatic rings. The van der Waals surface area contributed by atoms with E-state index in [2.05, 4.69) is 11.9 Å². The smallest absolute Gasteiger partial charge is 0.252 e. The molecule has 0 unspecified atom stereocenters. The van der Waals surface area contributed by atoms with E-state index in [4.69, 9.17) is 28.9 Å². The summed E-state index contributed by atoms with van der Waals surface area (Å²) in [7, 11) is 0. The molecule has 1 aliphatic heterocycles. The van der Waals surface area contributed by atoms with Crippen molar-refractivity contribution in [2.24, 2.45) is 0 Å². The lowest BCUT2D eigenvalue weighted by Gasteiger charge is -2.34. The van der Waals surface area contributed by atoms with Gasteiger partial charge in [-0.25, -0.2) is 0 Å². The van der Waals surface area contributed by atoms with Gasteiger partial charge in [0.05, 0.1) is 0 Å². The van der Waals surface area contributed by atoms with Crippen LogP contribution in [0.2, 0.25) is 10.0 Å². The van der Waals surface area contributed by atoms with Crippen LogP contribution in [-0.2, 0) is 4.79 Å². The Morgan fingerprint density at radius 3 is 2.30 bits per heavy atom. The summed E-state index contributed by atoms with van der Waals surface area (Å²) in [5.41, 5.74) is 8.26. The summed E-state index contributed by atoms with van der Waals surface area (Å²) in [6.45, 7) is 6.87.